The zero-order chi connectivity index (χ0) is 12.4. The summed E-state index contributed by atoms with van der Waals surface area (Å²) in [6.07, 6.45) is 0.769. The number of aryl methyl sites for hydroxylation is 1. The predicted octanol–water partition coefficient (Wildman–Crippen LogP) is 2.66. The number of halogens is 1. The molecule has 2 rings (SSSR count). The normalized spacial score (nSPS) is 20.7. The molecule has 3 nitrogen and oxygen atoms in total. The lowest BCUT2D eigenvalue weighted by Gasteiger charge is -2.15. The molecule has 1 aromatic carbocycles. The summed E-state index contributed by atoms with van der Waals surface area (Å²) < 4.78 is 1.12. The highest BCUT2D eigenvalue weighted by Crippen LogP contribution is 2.21. The number of carbonyl (C=O) groups is 1. The highest BCUT2D eigenvalue weighted by molar-refractivity contribution is 9.10. The quantitative estimate of drug-likeness (QED) is 0.932. The van der Waals surface area contributed by atoms with Gasteiger partial charge in [-0.3, -0.25) is 9.69 Å². The topological polar surface area (TPSA) is 40.5 Å². The average molecular weight is 298 g/mol. The maximum atomic E-state index is 10.9. The third kappa shape index (κ3) is 3.07. The van der Waals surface area contributed by atoms with E-state index in [1.54, 1.807) is 0 Å². The Balaban J connectivity index is 1.98. The number of aliphatic carboxylic acids is 1. The van der Waals surface area contributed by atoms with Crippen molar-refractivity contribution in [2.45, 2.75) is 19.9 Å². The van der Waals surface area contributed by atoms with Crippen molar-refractivity contribution in [2.24, 2.45) is 5.92 Å². The van der Waals surface area contributed by atoms with Gasteiger partial charge in [-0.1, -0.05) is 28.1 Å². The van der Waals surface area contributed by atoms with E-state index in [2.05, 4.69) is 46.0 Å². The molecule has 0 spiro atoms. The molecular formula is C13H16BrNO2. The van der Waals surface area contributed by atoms with E-state index >= 15 is 0 Å². The van der Waals surface area contributed by atoms with Gasteiger partial charge < -0.3 is 5.11 Å². The van der Waals surface area contributed by atoms with E-state index in [-0.39, 0.29) is 5.92 Å². The molecule has 1 aliphatic heterocycles. The molecule has 0 radical (unpaired) electrons. The highest BCUT2D eigenvalue weighted by atomic mass is 79.9. The van der Waals surface area contributed by atoms with Crippen LogP contribution in [-0.4, -0.2) is 29.1 Å². The fourth-order valence-corrected chi connectivity index (χ4v) is 2.49. The van der Waals surface area contributed by atoms with Crippen molar-refractivity contribution in [3.05, 3.63) is 33.8 Å². The minimum atomic E-state index is -0.667. The monoisotopic (exact) mass is 297 g/mol. The zero-order valence-electron chi connectivity index (χ0n) is 9.82. The number of carboxylic acids is 1. The van der Waals surface area contributed by atoms with Crippen molar-refractivity contribution in [3.8, 4) is 0 Å². The second-order valence-electron chi connectivity index (χ2n) is 4.64. The van der Waals surface area contributed by atoms with Crippen LogP contribution in [0.1, 0.15) is 17.5 Å². The van der Waals surface area contributed by atoms with E-state index in [1.165, 1.54) is 11.1 Å². The molecule has 0 amide bonds. The van der Waals surface area contributed by atoms with Crippen LogP contribution in [0.15, 0.2) is 22.7 Å². The maximum Gasteiger partial charge on any atom is 0.307 e. The van der Waals surface area contributed by atoms with Crippen LogP contribution in [-0.2, 0) is 11.3 Å². The Morgan fingerprint density at radius 1 is 1.59 bits per heavy atom. The Hall–Kier alpha value is -0.870. The summed E-state index contributed by atoms with van der Waals surface area (Å²) in [6.45, 7) is 4.46. The van der Waals surface area contributed by atoms with Gasteiger partial charge in [-0.05, 0) is 37.1 Å². The van der Waals surface area contributed by atoms with Crippen LogP contribution >= 0.6 is 15.9 Å². The van der Waals surface area contributed by atoms with Crippen molar-refractivity contribution >= 4 is 21.9 Å². The number of likely N-dealkylation sites (tertiary alicyclic amines) is 1. The molecule has 17 heavy (non-hydrogen) atoms. The molecule has 92 valence electrons. The first-order chi connectivity index (χ1) is 8.06. The zero-order valence-corrected chi connectivity index (χ0v) is 11.4. The molecule has 0 saturated carbocycles. The molecule has 1 unspecified atom stereocenters. The van der Waals surface area contributed by atoms with Crippen LogP contribution in [0, 0.1) is 12.8 Å². The molecule has 1 fully saturated rings. The molecule has 4 heteroatoms. The first kappa shape index (κ1) is 12.6. The SMILES string of the molecule is Cc1cc(CN2CCC(C(=O)O)C2)ccc1Br. The molecule has 1 N–H and O–H groups in total. The van der Waals surface area contributed by atoms with Crippen molar-refractivity contribution in [2.75, 3.05) is 13.1 Å². The smallest absolute Gasteiger partial charge is 0.307 e. The molecule has 0 aromatic heterocycles. The fourth-order valence-electron chi connectivity index (χ4n) is 2.24. The Morgan fingerprint density at radius 3 is 2.94 bits per heavy atom. The molecule has 1 aromatic rings. The lowest BCUT2D eigenvalue weighted by Crippen LogP contribution is -2.22. The van der Waals surface area contributed by atoms with E-state index in [0.29, 0.717) is 6.54 Å². The lowest BCUT2D eigenvalue weighted by molar-refractivity contribution is -0.141. The second-order valence-corrected chi connectivity index (χ2v) is 5.50. The molecular weight excluding hydrogens is 282 g/mol. The predicted molar refractivity (Wildman–Crippen MR) is 69.9 cm³/mol. The lowest BCUT2D eigenvalue weighted by atomic mass is 10.1. The summed E-state index contributed by atoms with van der Waals surface area (Å²) >= 11 is 3.48. The Labute approximate surface area is 110 Å². The van der Waals surface area contributed by atoms with Crippen LogP contribution < -0.4 is 0 Å². The Morgan fingerprint density at radius 2 is 2.35 bits per heavy atom. The second kappa shape index (κ2) is 5.19. The molecule has 1 atom stereocenters. The number of benzene rings is 1. The van der Waals surface area contributed by atoms with E-state index < -0.39 is 5.97 Å². The van der Waals surface area contributed by atoms with Gasteiger partial charge in [0.25, 0.3) is 0 Å². The Kier molecular flexibility index (Phi) is 3.84. The summed E-state index contributed by atoms with van der Waals surface area (Å²) in [4.78, 5) is 13.1. The van der Waals surface area contributed by atoms with Gasteiger partial charge in [0, 0.05) is 17.6 Å². The summed E-state index contributed by atoms with van der Waals surface area (Å²) in [6, 6.07) is 6.29. The van der Waals surface area contributed by atoms with Gasteiger partial charge in [-0.15, -0.1) is 0 Å². The summed E-state index contributed by atoms with van der Waals surface area (Å²) in [5, 5.41) is 8.94. The summed E-state index contributed by atoms with van der Waals surface area (Å²) in [5.41, 5.74) is 2.47. The fraction of sp³-hybridized carbons (Fsp3) is 0.462. The summed E-state index contributed by atoms with van der Waals surface area (Å²) in [7, 11) is 0. The minimum Gasteiger partial charge on any atom is -0.481 e. The highest BCUT2D eigenvalue weighted by Gasteiger charge is 2.27. The van der Waals surface area contributed by atoms with Crippen molar-refractivity contribution in [1.29, 1.82) is 0 Å². The average Bonchev–Trinajstić information content (AvgIpc) is 2.72. The van der Waals surface area contributed by atoms with Crippen LogP contribution in [0.4, 0.5) is 0 Å². The number of nitrogens with zero attached hydrogens (tertiary/aromatic N) is 1. The number of hydrogen-bond donors (Lipinski definition) is 1. The van der Waals surface area contributed by atoms with E-state index in [1.807, 2.05) is 0 Å². The first-order valence-corrected chi connectivity index (χ1v) is 6.56. The largest absolute Gasteiger partial charge is 0.481 e. The van der Waals surface area contributed by atoms with Gasteiger partial charge in [0.05, 0.1) is 5.92 Å². The van der Waals surface area contributed by atoms with Gasteiger partial charge in [0.15, 0.2) is 0 Å². The van der Waals surface area contributed by atoms with Gasteiger partial charge in [-0.2, -0.15) is 0 Å². The van der Waals surface area contributed by atoms with Crippen molar-refractivity contribution in [1.82, 2.24) is 4.90 Å². The molecule has 0 aliphatic carbocycles. The molecule has 1 saturated heterocycles. The Bertz CT molecular complexity index is 433. The van der Waals surface area contributed by atoms with Crippen molar-refractivity contribution < 1.29 is 9.90 Å². The van der Waals surface area contributed by atoms with Crippen molar-refractivity contribution in [3.63, 3.8) is 0 Å². The standard InChI is InChI=1S/C13H16BrNO2/c1-9-6-10(2-3-12(9)14)7-15-5-4-11(8-15)13(16)17/h2-3,6,11H,4-5,7-8H2,1H3,(H,16,17). The van der Waals surface area contributed by atoms with Crippen LogP contribution in [0.5, 0.6) is 0 Å². The van der Waals surface area contributed by atoms with E-state index in [0.717, 1.165) is 24.0 Å². The molecule has 1 heterocycles. The molecule has 1 aliphatic rings. The third-order valence-corrected chi connectivity index (χ3v) is 4.14. The minimum absolute atomic E-state index is 0.188. The molecule has 0 bridgehead atoms. The summed E-state index contributed by atoms with van der Waals surface area (Å²) in [5.74, 6) is -0.856. The first-order valence-electron chi connectivity index (χ1n) is 5.76. The number of rotatable bonds is 3. The third-order valence-electron chi connectivity index (χ3n) is 3.25. The van der Waals surface area contributed by atoms with Gasteiger partial charge in [0.1, 0.15) is 0 Å². The van der Waals surface area contributed by atoms with Gasteiger partial charge in [-0.25, -0.2) is 0 Å². The number of carboxylic acid groups (broad SMARTS) is 1. The van der Waals surface area contributed by atoms with Crippen LogP contribution in [0.3, 0.4) is 0 Å². The maximum absolute atomic E-state index is 10.9. The van der Waals surface area contributed by atoms with E-state index in [9.17, 15) is 4.79 Å². The van der Waals surface area contributed by atoms with Crippen LogP contribution in [0.2, 0.25) is 0 Å². The van der Waals surface area contributed by atoms with Gasteiger partial charge >= 0.3 is 5.97 Å². The van der Waals surface area contributed by atoms with Gasteiger partial charge in [0.2, 0.25) is 0 Å². The number of hydrogen-bond acceptors (Lipinski definition) is 2. The van der Waals surface area contributed by atoms with Crippen LogP contribution in [0.25, 0.3) is 0 Å². The van der Waals surface area contributed by atoms with E-state index in [4.69, 9.17) is 5.11 Å².